The van der Waals surface area contributed by atoms with Crippen molar-refractivity contribution in [2.75, 3.05) is 5.75 Å². The van der Waals surface area contributed by atoms with Crippen molar-refractivity contribution < 1.29 is 4.92 Å². The minimum Gasteiger partial charge on any atom is -0.264 e. The van der Waals surface area contributed by atoms with Crippen LogP contribution in [0.1, 0.15) is 19.8 Å². The fraction of sp³-hybridized carbons (Fsp3) is 0.455. The van der Waals surface area contributed by atoms with E-state index in [9.17, 15) is 10.1 Å². The molecule has 1 aromatic rings. The number of thioether (sulfide) groups is 1. The standard InChI is InChI=1S/C11H14ClNO2S/c1-2-3-10(13(14)15)8-16-11-6-4-9(12)5-7-11/h4-7,10H,2-3,8H2,1H3. The molecule has 1 unspecified atom stereocenters. The van der Waals surface area contributed by atoms with E-state index in [4.69, 9.17) is 11.6 Å². The van der Waals surface area contributed by atoms with Gasteiger partial charge in [0, 0.05) is 21.3 Å². The number of hydrogen-bond donors (Lipinski definition) is 0. The molecule has 0 fully saturated rings. The molecule has 0 spiro atoms. The zero-order chi connectivity index (χ0) is 12.0. The van der Waals surface area contributed by atoms with Gasteiger partial charge in [-0.3, -0.25) is 10.1 Å². The summed E-state index contributed by atoms with van der Waals surface area (Å²) in [6, 6.07) is 6.91. The SMILES string of the molecule is CCCC(CSc1ccc(Cl)cc1)[N+](=O)[O-]. The van der Waals surface area contributed by atoms with E-state index in [1.807, 2.05) is 19.1 Å². The second-order valence-corrected chi connectivity index (χ2v) is 5.02. The first-order valence-corrected chi connectivity index (χ1v) is 6.51. The molecule has 1 rings (SSSR count). The van der Waals surface area contributed by atoms with Crippen LogP contribution in [0.25, 0.3) is 0 Å². The zero-order valence-corrected chi connectivity index (χ0v) is 10.6. The summed E-state index contributed by atoms with van der Waals surface area (Å²) in [6.45, 7) is 1.96. The summed E-state index contributed by atoms with van der Waals surface area (Å²) in [4.78, 5) is 11.6. The van der Waals surface area contributed by atoms with Crippen molar-refractivity contribution in [1.82, 2.24) is 0 Å². The van der Waals surface area contributed by atoms with Gasteiger partial charge in [0.25, 0.3) is 0 Å². The molecule has 0 amide bonds. The first-order chi connectivity index (χ1) is 7.63. The van der Waals surface area contributed by atoms with Gasteiger partial charge < -0.3 is 0 Å². The number of halogens is 1. The number of rotatable bonds is 6. The van der Waals surface area contributed by atoms with E-state index in [0.29, 0.717) is 17.2 Å². The van der Waals surface area contributed by atoms with Gasteiger partial charge in [0.1, 0.15) is 0 Å². The number of benzene rings is 1. The van der Waals surface area contributed by atoms with Crippen LogP contribution in [-0.2, 0) is 0 Å². The van der Waals surface area contributed by atoms with E-state index in [1.54, 1.807) is 12.1 Å². The molecule has 0 aliphatic carbocycles. The summed E-state index contributed by atoms with van der Waals surface area (Å²) in [5.41, 5.74) is 0. The van der Waals surface area contributed by atoms with Crippen LogP contribution < -0.4 is 0 Å². The van der Waals surface area contributed by atoms with Crippen molar-refractivity contribution in [2.45, 2.75) is 30.7 Å². The van der Waals surface area contributed by atoms with Gasteiger partial charge >= 0.3 is 0 Å². The fourth-order valence-corrected chi connectivity index (χ4v) is 2.43. The number of nitrogens with zero attached hydrogens (tertiary/aromatic N) is 1. The zero-order valence-electron chi connectivity index (χ0n) is 9.06. The lowest BCUT2D eigenvalue weighted by molar-refractivity contribution is -0.517. The Morgan fingerprint density at radius 3 is 2.56 bits per heavy atom. The Bertz CT molecular complexity index is 342. The topological polar surface area (TPSA) is 43.1 Å². The maximum absolute atomic E-state index is 10.7. The Balaban J connectivity index is 2.48. The summed E-state index contributed by atoms with van der Waals surface area (Å²) >= 11 is 7.26. The number of nitro groups is 1. The fourth-order valence-electron chi connectivity index (χ4n) is 1.31. The lowest BCUT2D eigenvalue weighted by Gasteiger charge is -2.07. The van der Waals surface area contributed by atoms with Gasteiger partial charge in [0.05, 0.1) is 5.75 Å². The predicted molar refractivity (Wildman–Crippen MR) is 67.9 cm³/mol. The van der Waals surface area contributed by atoms with Gasteiger partial charge in [0.15, 0.2) is 0 Å². The monoisotopic (exact) mass is 259 g/mol. The van der Waals surface area contributed by atoms with Crippen molar-refractivity contribution >= 4 is 23.4 Å². The molecule has 1 atom stereocenters. The van der Waals surface area contributed by atoms with Gasteiger partial charge in [-0.2, -0.15) is 0 Å². The summed E-state index contributed by atoms with van der Waals surface area (Å²) in [7, 11) is 0. The molecule has 16 heavy (non-hydrogen) atoms. The highest BCUT2D eigenvalue weighted by molar-refractivity contribution is 7.99. The molecule has 0 saturated carbocycles. The molecule has 0 bridgehead atoms. The van der Waals surface area contributed by atoms with E-state index in [-0.39, 0.29) is 4.92 Å². The van der Waals surface area contributed by atoms with E-state index in [2.05, 4.69) is 0 Å². The van der Waals surface area contributed by atoms with Crippen molar-refractivity contribution in [1.29, 1.82) is 0 Å². The van der Waals surface area contributed by atoms with Gasteiger partial charge in [-0.05, 0) is 30.7 Å². The van der Waals surface area contributed by atoms with E-state index in [1.165, 1.54) is 11.8 Å². The molecule has 5 heteroatoms. The Hall–Kier alpha value is -0.740. The summed E-state index contributed by atoms with van der Waals surface area (Å²) in [5, 5.41) is 11.4. The average Bonchev–Trinajstić information content (AvgIpc) is 2.26. The first kappa shape index (κ1) is 13.3. The van der Waals surface area contributed by atoms with Crippen molar-refractivity contribution in [3.8, 4) is 0 Å². The van der Waals surface area contributed by atoms with E-state index < -0.39 is 6.04 Å². The highest BCUT2D eigenvalue weighted by Crippen LogP contribution is 2.22. The molecule has 0 saturated heterocycles. The van der Waals surface area contributed by atoms with E-state index >= 15 is 0 Å². The van der Waals surface area contributed by atoms with Crippen LogP contribution >= 0.6 is 23.4 Å². The molecule has 0 aliphatic heterocycles. The van der Waals surface area contributed by atoms with Crippen LogP contribution in [0.15, 0.2) is 29.2 Å². The maximum Gasteiger partial charge on any atom is 0.222 e. The van der Waals surface area contributed by atoms with Crippen molar-refractivity contribution in [2.24, 2.45) is 0 Å². The van der Waals surface area contributed by atoms with Crippen LogP contribution in [0.4, 0.5) is 0 Å². The highest BCUT2D eigenvalue weighted by atomic mass is 35.5. The third-order valence-electron chi connectivity index (χ3n) is 2.18. The summed E-state index contributed by atoms with van der Waals surface area (Å²) in [6.07, 6.45) is 1.47. The normalized spacial score (nSPS) is 12.4. The van der Waals surface area contributed by atoms with E-state index in [0.717, 1.165) is 11.3 Å². The van der Waals surface area contributed by atoms with Crippen LogP contribution in [0.3, 0.4) is 0 Å². The lowest BCUT2D eigenvalue weighted by atomic mass is 10.2. The first-order valence-electron chi connectivity index (χ1n) is 5.15. The highest BCUT2D eigenvalue weighted by Gasteiger charge is 2.18. The molecule has 0 heterocycles. The van der Waals surface area contributed by atoms with Gasteiger partial charge in [-0.25, -0.2) is 0 Å². The van der Waals surface area contributed by atoms with Crippen molar-refractivity contribution in [3.63, 3.8) is 0 Å². The maximum atomic E-state index is 10.7. The van der Waals surface area contributed by atoms with Gasteiger partial charge in [0.2, 0.25) is 6.04 Å². The largest absolute Gasteiger partial charge is 0.264 e. The third-order valence-corrected chi connectivity index (χ3v) is 3.58. The quantitative estimate of drug-likeness (QED) is 0.442. The van der Waals surface area contributed by atoms with Crippen LogP contribution in [-0.4, -0.2) is 16.7 Å². The lowest BCUT2D eigenvalue weighted by Crippen LogP contribution is -2.21. The Labute approximate surface area is 104 Å². The Morgan fingerprint density at radius 1 is 1.44 bits per heavy atom. The minimum absolute atomic E-state index is 0.188. The summed E-state index contributed by atoms with van der Waals surface area (Å²) in [5.74, 6) is 0.516. The Kier molecular flexibility index (Phi) is 5.63. The average molecular weight is 260 g/mol. The molecule has 0 radical (unpaired) electrons. The smallest absolute Gasteiger partial charge is 0.222 e. The van der Waals surface area contributed by atoms with Crippen molar-refractivity contribution in [3.05, 3.63) is 39.4 Å². The predicted octanol–water partition coefficient (Wildman–Crippen LogP) is 3.88. The second-order valence-electron chi connectivity index (χ2n) is 3.49. The summed E-state index contributed by atoms with van der Waals surface area (Å²) < 4.78 is 0. The second kappa shape index (κ2) is 6.76. The molecule has 0 N–H and O–H groups in total. The van der Waals surface area contributed by atoms with Gasteiger partial charge in [-0.15, -0.1) is 11.8 Å². The number of hydrogen-bond acceptors (Lipinski definition) is 3. The van der Waals surface area contributed by atoms with Crippen LogP contribution in [0.2, 0.25) is 5.02 Å². The van der Waals surface area contributed by atoms with Gasteiger partial charge in [-0.1, -0.05) is 18.5 Å². The molecule has 88 valence electrons. The Morgan fingerprint density at radius 2 is 2.06 bits per heavy atom. The molecule has 0 aromatic heterocycles. The molecule has 1 aromatic carbocycles. The van der Waals surface area contributed by atoms with Crippen LogP contribution in [0.5, 0.6) is 0 Å². The third kappa shape index (κ3) is 4.41. The minimum atomic E-state index is -0.453. The van der Waals surface area contributed by atoms with Crippen LogP contribution in [0, 0.1) is 10.1 Å². The molecule has 0 aliphatic rings. The molecular formula is C11H14ClNO2S. The molecule has 3 nitrogen and oxygen atoms in total. The molecular weight excluding hydrogens is 246 g/mol.